The van der Waals surface area contributed by atoms with Crippen molar-refractivity contribution in [1.82, 2.24) is 0 Å². The molecule has 0 N–H and O–H groups in total. The molecular formula is C14H13F7O2. The lowest BCUT2D eigenvalue weighted by Gasteiger charge is -2.37. The molecule has 1 rings (SSSR count). The van der Waals surface area contributed by atoms with Gasteiger partial charge >= 0.3 is 12.4 Å². The predicted molar refractivity (Wildman–Crippen MR) is 68.0 cm³/mol. The Morgan fingerprint density at radius 2 is 1.48 bits per heavy atom. The van der Waals surface area contributed by atoms with Crippen molar-refractivity contribution in [2.75, 3.05) is 13.4 Å². The van der Waals surface area contributed by atoms with E-state index in [-0.39, 0.29) is 12.2 Å². The molecular weight excluding hydrogens is 333 g/mol. The molecule has 9 heteroatoms. The van der Waals surface area contributed by atoms with Crippen LogP contribution in [0.3, 0.4) is 0 Å². The fourth-order valence-corrected chi connectivity index (χ4v) is 1.83. The van der Waals surface area contributed by atoms with Crippen molar-refractivity contribution in [1.29, 1.82) is 0 Å². The minimum atomic E-state index is -5.81. The van der Waals surface area contributed by atoms with Crippen molar-refractivity contribution in [3.8, 4) is 0 Å². The van der Waals surface area contributed by atoms with Crippen LogP contribution in [0.5, 0.6) is 0 Å². The SMILES string of the molecule is C=C(F)c1ccc(C(OCOCC)(C(F)(F)F)C(F)(F)F)cc1. The van der Waals surface area contributed by atoms with E-state index in [1.54, 1.807) is 0 Å². The summed E-state index contributed by atoms with van der Waals surface area (Å²) in [5.74, 6) is -0.989. The maximum Gasteiger partial charge on any atom is 0.430 e. The van der Waals surface area contributed by atoms with Crippen LogP contribution in [0.2, 0.25) is 0 Å². The van der Waals surface area contributed by atoms with E-state index in [0.717, 1.165) is 12.1 Å². The molecule has 0 aliphatic rings. The second kappa shape index (κ2) is 6.88. The van der Waals surface area contributed by atoms with E-state index in [1.165, 1.54) is 6.92 Å². The van der Waals surface area contributed by atoms with Gasteiger partial charge in [-0.3, -0.25) is 0 Å². The molecule has 0 radical (unpaired) electrons. The van der Waals surface area contributed by atoms with Crippen molar-refractivity contribution in [3.63, 3.8) is 0 Å². The molecule has 0 amide bonds. The third-order valence-electron chi connectivity index (χ3n) is 2.97. The van der Waals surface area contributed by atoms with Crippen LogP contribution in [-0.2, 0) is 15.1 Å². The molecule has 0 spiro atoms. The maximum atomic E-state index is 13.3. The third kappa shape index (κ3) is 3.84. The van der Waals surface area contributed by atoms with E-state index in [4.69, 9.17) is 0 Å². The van der Waals surface area contributed by atoms with E-state index >= 15 is 0 Å². The topological polar surface area (TPSA) is 18.5 Å². The monoisotopic (exact) mass is 346 g/mol. The molecule has 0 saturated heterocycles. The lowest BCUT2D eigenvalue weighted by atomic mass is 9.91. The van der Waals surface area contributed by atoms with Gasteiger partial charge in [-0.15, -0.1) is 0 Å². The smallest absolute Gasteiger partial charge is 0.356 e. The van der Waals surface area contributed by atoms with Crippen LogP contribution in [0.1, 0.15) is 18.1 Å². The van der Waals surface area contributed by atoms with E-state index in [9.17, 15) is 30.7 Å². The minimum absolute atomic E-state index is 0.133. The summed E-state index contributed by atoms with van der Waals surface area (Å²) in [7, 11) is 0. The molecule has 1 aromatic rings. The van der Waals surface area contributed by atoms with Gasteiger partial charge in [0.1, 0.15) is 12.6 Å². The number of benzene rings is 1. The first-order chi connectivity index (χ1) is 10.5. The Kier molecular flexibility index (Phi) is 5.81. The number of halogens is 7. The van der Waals surface area contributed by atoms with Gasteiger partial charge in [0.15, 0.2) is 0 Å². The largest absolute Gasteiger partial charge is 0.430 e. The zero-order valence-electron chi connectivity index (χ0n) is 11.9. The first kappa shape index (κ1) is 19.4. The summed E-state index contributed by atoms with van der Waals surface area (Å²) < 4.78 is 101. The molecule has 0 aliphatic carbocycles. The fraction of sp³-hybridized carbons (Fsp3) is 0.429. The van der Waals surface area contributed by atoms with E-state index in [2.05, 4.69) is 16.1 Å². The molecule has 0 aromatic heterocycles. The molecule has 0 atom stereocenters. The van der Waals surface area contributed by atoms with Crippen LogP contribution < -0.4 is 0 Å². The summed E-state index contributed by atoms with van der Waals surface area (Å²) in [5, 5.41) is 0. The first-order valence-electron chi connectivity index (χ1n) is 6.28. The van der Waals surface area contributed by atoms with Gasteiger partial charge in [0, 0.05) is 17.7 Å². The molecule has 130 valence electrons. The zero-order chi connectivity index (χ0) is 17.9. The highest BCUT2D eigenvalue weighted by molar-refractivity contribution is 5.57. The fourth-order valence-electron chi connectivity index (χ4n) is 1.83. The normalized spacial score (nSPS) is 13.2. The lowest BCUT2D eigenvalue weighted by molar-refractivity contribution is -0.401. The Bertz CT molecular complexity index is 518. The van der Waals surface area contributed by atoms with Crippen LogP contribution in [0.25, 0.3) is 5.83 Å². The van der Waals surface area contributed by atoms with E-state index < -0.39 is 36.1 Å². The Hall–Kier alpha value is -1.61. The van der Waals surface area contributed by atoms with Gasteiger partial charge in [0.2, 0.25) is 0 Å². The average Bonchev–Trinajstić information content (AvgIpc) is 2.41. The second-order valence-corrected chi connectivity index (χ2v) is 4.41. The van der Waals surface area contributed by atoms with Gasteiger partial charge in [0.25, 0.3) is 5.60 Å². The number of alkyl halides is 6. The highest BCUT2D eigenvalue weighted by Crippen LogP contribution is 2.53. The maximum absolute atomic E-state index is 13.3. The molecule has 0 unspecified atom stereocenters. The average molecular weight is 346 g/mol. The van der Waals surface area contributed by atoms with Crippen LogP contribution in [0.15, 0.2) is 30.8 Å². The number of hydrogen-bond donors (Lipinski definition) is 0. The van der Waals surface area contributed by atoms with Gasteiger partial charge in [-0.1, -0.05) is 30.8 Å². The number of ether oxygens (including phenoxy) is 2. The Balaban J connectivity index is 3.44. The third-order valence-corrected chi connectivity index (χ3v) is 2.97. The van der Waals surface area contributed by atoms with Gasteiger partial charge in [-0.25, -0.2) is 4.39 Å². The zero-order valence-corrected chi connectivity index (χ0v) is 11.9. The molecule has 2 nitrogen and oxygen atoms in total. The molecule has 0 bridgehead atoms. The summed E-state index contributed by atoms with van der Waals surface area (Å²) in [6.07, 6.45) is -11.6. The lowest BCUT2D eigenvalue weighted by Crippen LogP contribution is -2.56. The van der Waals surface area contributed by atoms with Gasteiger partial charge in [-0.2, -0.15) is 26.3 Å². The van der Waals surface area contributed by atoms with Crippen LogP contribution >= 0.6 is 0 Å². The molecule has 0 fully saturated rings. The second-order valence-electron chi connectivity index (χ2n) is 4.41. The molecule has 1 aromatic carbocycles. The van der Waals surface area contributed by atoms with Gasteiger partial charge < -0.3 is 9.47 Å². The summed E-state index contributed by atoms with van der Waals surface area (Å²) >= 11 is 0. The Morgan fingerprint density at radius 3 is 1.83 bits per heavy atom. The molecule has 0 aliphatic heterocycles. The highest BCUT2D eigenvalue weighted by Gasteiger charge is 2.73. The predicted octanol–water partition coefficient (Wildman–Crippen LogP) is 4.96. The van der Waals surface area contributed by atoms with Crippen molar-refractivity contribution in [2.45, 2.75) is 24.9 Å². The summed E-state index contributed by atoms with van der Waals surface area (Å²) in [6.45, 7) is 2.95. The summed E-state index contributed by atoms with van der Waals surface area (Å²) in [6, 6.07) is 2.50. The molecule has 0 heterocycles. The standard InChI is InChI=1S/C14H13F7O2/c1-3-22-8-23-12(13(16,17)18,14(19,20)21)11-6-4-10(5-7-11)9(2)15/h4-7H,2-3,8H2,1H3. The Morgan fingerprint density at radius 1 is 1.00 bits per heavy atom. The number of hydrogen-bond acceptors (Lipinski definition) is 2. The highest BCUT2D eigenvalue weighted by atomic mass is 19.4. The quantitative estimate of drug-likeness (QED) is 0.412. The van der Waals surface area contributed by atoms with E-state index in [1.807, 2.05) is 0 Å². The van der Waals surface area contributed by atoms with Gasteiger partial charge in [-0.05, 0) is 6.92 Å². The Labute approximate surface area is 127 Å². The van der Waals surface area contributed by atoms with Crippen LogP contribution in [0.4, 0.5) is 30.7 Å². The van der Waals surface area contributed by atoms with Gasteiger partial charge in [0.05, 0.1) is 0 Å². The summed E-state index contributed by atoms with van der Waals surface area (Å²) in [5.41, 5.74) is -6.05. The molecule has 23 heavy (non-hydrogen) atoms. The van der Waals surface area contributed by atoms with Crippen molar-refractivity contribution in [2.24, 2.45) is 0 Å². The minimum Gasteiger partial charge on any atom is -0.356 e. The van der Waals surface area contributed by atoms with Crippen molar-refractivity contribution < 1.29 is 40.2 Å². The van der Waals surface area contributed by atoms with E-state index in [0.29, 0.717) is 12.1 Å². The molecule has 0 saturated carbocycles. The van der Waals surface area contributed by atoms with Crippen LogP contribution in [-0.4, -0.2) is 25.8 Å². The summed E-state index contributed by atoms with van der Waals surface area (Å²) in [4.78, 5) is 0. The van der Waals surface area contributed by atoms with Crippen LogP contribution in [0, 0.1) is 0 Å². The first-order valence-corrected chi connectivity index (χ1v) is 6.28. The van der Waals surface area contributed by atoms with Crippen molar-refractivity contribution >= 4 is 5.83 Å². The number of rotatable bonds is 6. The van der Waals surface area contributed by atoms with Crippen molar-refractivity contribution in [3.05, 3.63) is 42.0 Å².